The Kier molecular flexibility index (Phi) is 6.26. The number of anilines is 1. The third-order valence-electron chi connectivity index (χ3n) is 4.93. The fourth-order valence-electron chi connectivity index (χ4n) is 3.42. The van der Waals surface area contributed by atoms with E-state index in [0.717, 1.165) is 6.42 Å². The molecule has 0 spiro atoms. The number of ether oxygens (including phenoxy) is 2. The van der Waals surface area contributed by atoms with E-state index in [0.29, 0.717) is 33.7 Å². The molecule has 1 N–H and O–H groups in total. The summed E-state index contributed by atoms with van der Waals surface area (Å²) in [4.78, 5) is 8.87. The summed E-state index contributed by atoms with van der Waals surface area (Å²) in [6.45, 7) is 4.14. The van der Waals surface area contributed by atoms with Crippen LogP contribution in [0.4, 0.5) is 10.1 Å². The van der Waals surface area contributed by atoms with Crippen LogP contribution in [0.5, 0.6) is 11.5 Å². The van der Waals surface area contributed by atoms with Crippen molar-refractivity contribution in [3.05, 3.63) is 72.7 Å². The van der Waals surface area contributed by atoms with Gasteiger partial charge in [0.25, 0.3) is 0 Å². The molecule has 31 heavy (non-hydrogen) atoms. The van der Waals surface area contributed by atoms with Gasteiger partial charge in [-0.25, -0.2) is 9.37 Å². The molecule has 1 aliphatic heterocycles. The SMILES string of the molecule is CC=NC(C)C/C=C/C=C\Nc1c(F)c(-c2ccc3c(c2)OCO3)nc2ccccc12. The molecule has 0 saturated heterocycles. The lowest BCUT2D eigenvalue weighted by atomic mass is 10.1. The second kappa shape index (κ2) is 9.43. The number of halogens is 1. The van der Waals surface area contributed by atoms with Gasteiger partial charge in [0.1, 0.15) is 5.69 Å². The van der Waals surface area contributed by atoms with Crippen LogP contribution >= 0.6 is 0 Å². The van der Waals surface area contributed by atoms with Crippen molar-refractivity contribution < 1.29 is 13.9 Å². The number of aliphatic imine (C=N–C) groups is 1. The van der Waals surface area contributed by atoms with Crippen molar-refractivity contribution in [2.75, 3.05) is 12.1 Å². The summed E-state index contributed by atoms with van der Waals surface area (Å²) in [6.07, 6.45) is 10.2. The summed E-state index contributed by atoms with van der Waals surface area (Å²) in [6, 6.07) is 13.0. The first kappa shape index (κ1) is 20.6. The molecule has 0 bridgehead atoms. The second-order valence-corrected chi connectivity index (χ2v) is 7.16. The maximum Gasteiger partial charge on any atom is 0.231 e. The Morgan fingerprint density at radius 2 is 2.00 bits per heavy atom. The van der Waals surface area contributed by atoms with Crippen LogP contribution in [0.2, 0.25) is 0 Å². The fourth-order valence-corrected chi connectivity index (χ4v) is 3.42. The number of fused-ring (bicyclic) bond motifs is 2. The molecule has 2 aromatic carbocycles. The summed E-state index contributed by atoms with van der Waals surface area (Å²) in [7, 11) is 0. The Balaban J connectivity index is 1.63. The Morgan fingerprint density at radius 3 is 2.87 bits per heavy atom. The zero-order chi connectivity index (χ0) is 21.6. The lowest BCUT2D eigenvalue weighted by Gasteiger charge is -2.12. The lowest BCUT2D eigenvalue weighted by Crippen LogP contribution is -1.99. The van der Waals surface area contributed by atoms with Crippen molar-refractivity contribution >= 4 is 22.8 Å². The first-order valence-corrected chi connectivity index (χ1v) is 10.2. The Morgan fingerprint density at radius 1 is 1.16 bits per heavy atom. The van der Waals surface area contributed by atoms with Crippen LogP contribution in [0.25, 0.3) is 22.2 Å². The van der Waals surface area contributed by atoms with Gasteiger partial charge in [-0.1, -0.05) is 30.4 Å². The van der Waals surface area contributed by atoms with Crippen LogP contribution in [0.1, 0.15) is 20.3 Å². The first-order valence-electron chi connectivity index (χ1n) is 10.2. The van der Waals surface area contributed by atoms with Crippen LogP contribution in [0.15, 0.2) is 71.9 Å². The van der Waals surface area contributed by atoms with Crippen molar-refractivity contribution in [1.82, 2.24) is 4.98 Å². The smallest absolute Gasteiger partial charge is 0.231 e. The number of pyridine rings is 1. The molecular formula is C25H24FN3O2. The minimum atomic E-state index is -0.419. The highest BCUT2D eigenvalue weighted by Crippen LogP contribution is 2.38. The van der Waals surface area contributed by atoms with E-state index < -0.39 is 5.82 Å². The molecule has 2 heterocycles. The number of aromatic nitrogens is 1. The first-order chi connectivity index (χ1) is 15.2. The summed E-state index contributed by atoms with van der Waals surface area (Å²) in [5.74, 6) is 0.821. The van der Waals surface area contributed by atoms with Gasteiger partial charge < -0.3 is 14.8 Å². The third-order valence-corrected chi connectivity index (χ3v) is 4.93. The van der Waals surface area contributed by atoms with E-state index in [1.807, 2.05) is 55.6 Å². The molecule has 1 unspecified atom stereocenters. The number of para-hydroxylation sites is 1. The van der Waals surface area contributed by atoms with Gasteiger partial charge in [-0.05, 0) is 56.8 Å². The maximum atomic E-state index is 15.5. The summed E-state index contributed by atoms with van der Waals surface area (Å²) < 4.78 is 26.3. The van der Waals surface area contributed by atoms with E-state index >= 15 is 4.39 Å². The van der Waals surface area contributed by atoms with Gasteiger partial charge in [0.15, 0.2) is 17.3 Å². The number of nitrogens with one attached hydrogen (secondary N) is 1. The van der Waals surface area contributed by atoms with Gasteiger partial charge in [0.2, 0.25) is 6.79 Å². The highest BCUT2D eigenvalue weighted by atomic mass is 19.1. The number of allylic oxidation sites excluding steroid dienone is 2. The van der Waals surface area contributed by atoms with Crippen LogP contribution < -0.4 is 14.8 Å². The highest BCUT2D eigenvalue weighted by Gasteiger charge is 2.19. The average Bonchev–Trinajstić information content (AvgIpc) is 3.25. The molecule has 0 amide bonds. The summed E-state index contributed by atoms with van der Waals surface area (Å²) >= 11 is 0. The summed E-state index contributed by atoms with van der Waals surface area (Å²) in [5, 5.41) is 3.81. The quantitative estimate of drug-likeness (QED) is 0.372. The van der Waals surface area contributed by atoms with Crippen molar-refractivity contribution in [3.63, 3.8) is 0 Å². The number of benzene rings is 2. The molecule has 3 aromatic rings. The fraction of sp³-hybridized carbons (Fsp3) is 0.200. The standard InChI is InChI=1S/C25H24FN3O2/c1-3-27-17(2)9-5-4-8-14-28-25-19-10-6-7-11-20(19)29-24(23(25)26)18-12-13-21-22(15-18)31-16-30-21/h3-8,10-15,17H,9,16H2,1-2H3,(H,28,29)/b5-4+,14-8-,27-3?. The number of nitrogens with zero attached hydrogens (tertiary/aromatic N) is 2. The van der Waals surface area contributed by atoms with Gasteiger partial charge in [-0.3, -0.25) is 4.99 Å². The van der Waals surface area contributed by atoms with Crippen molar-refractivity contribution in [3.8, 4) is 22.8 Å². The molecule has 1 atom stereocenters. The monoisotopic (exact) mass is 417 g/mol. The number of hydrogen-bond donors (Lipinski definition) is 1. The van der Waals surface area contributed by atoms with E-state index in [-0.39, 0.29) is 18.5 Å². The van der Waals surface area contributed by atoms with Gasteiger partial charge in [-0.2, -0.15) is 0 Å². The van der Waals surface area contributed by atoms with Gasteiger partial charge >= 0.3 is 0 Å². The van der Waals surface area contributed by atoms with E-state index in [9.17, 15) is 0 Å². The molecule has 158 valence electrons. The molecule has 1 aromatic heterocycles. The average molecular weight is 417 g/mol. The predicted molar refractivity (Wildman–Crippen MR) is 123 cm³/mol. The molecule has 0 radical (unpaired) electrons. The van der Waals surface area contributed by atoms with Crippen LogP contribution in [-0.4, -0.2) is 24.0 Å². The van der Waals surface area contributed by atoms with Crippen molar-refractivity contribution in [2.24, 2.45) is 4.99 Å². The van der Waals surface area contributed by atoms with Gasteiger partial charge in [0.05, 0.1) is 17.2 Å². The molecule has 5 nitrogen and oxygen atoms in total. The maximum absolute atomic E-state index is 15.5. The minimum Gasteiger partial charge on any atom is -0.454 e. The minimum absolute atomic E-state index is 0.168. The van der Waals surface area contributed by atoms with Crippen molar-refractivity contribution in [2.45, 2.75) is 26.3 Å². The van der Waals surface area contributed by atoms with E-state index in [4.69, 9.17) is 9.47 Å². The highest BCUT2D eigenvalue weighted by molar-refractivity contribution is 5.94. The molecule has 4 rings (SSSR count). The largest absolute Gasteiger partial charge is 0.454 e. The topological polar surface area (TPSA) is 55.7 Å². The molecule has 0 aliphatic carbocycles. The van der Waals surface area contributed by atoms with E-state index in [1.54, 1.807) is 24.4 Å². The Labute approximate surface area is 180 Å². The normalized spacial score (nSPS) is 14.3. The lowest BCUT2D eigenvalue weighted by molar-refractivity contribution is 0.174. The summed E-state index contributed by atoms with van der Waals surface area (Å²) in [5.41, 5.74) is 1.97. The van der Waals surface area contributed by atoms with Gasteiger partial charge in [-0.15, -0.1) is 0 Å². The predicted octanol–water partition coefficient (Wildman–Crippen LogP) is 6.12. The molecular weight excluding hydrogens is 393 g/mol. The third kappa shape index (κ3) is 4.58. The number of rotatable bonds is 7. The van der Waals surface area contributed by atoms with E-state index in [2.05, 4.69) is 22.2 Å². The van der Waals surface area contributed by atoms with E-state index in [1.165, 1.54) is 0 Å². The van der Waals surface area contributed by atoms with Gasteiger partial charge in [0, 0.05) is 17.1 Å². The zero-order valence-corrected chi connectivity index (χ0v) is 17.5. The van der Waals surface area contributed by atoms with Crippen LogP contribution in [-0.2, 0) is 0 Å². The molecule has 1 aliphatic rings. The zero-order valence-electron chi connectivity index (χ0n) is 17.5. The molecule has 6 heteroatoms. The van der Waals surface area contributed by atoms with Crippen LogP contribution in [0.3, 0.4) is 0 Å². The van der Waals surface area contributed by atoms with Crippen LogP contribution in [0, 0.1) is 5.82 Å². The second-order valence-electron chi connectivity index (χ2n) is 7.16. The Bertz CT molecular complexity index is 1170. The Hall–Kier alpha value is -3.67. The molecule has 0 fully saturated rings. The van der Waals surface area contributed by atoms with Crippen molar-refractivity contribution in [1.29, 1.82) is 0 Å². The molecule has 0 saturated carbocycles. The number of hydrogen-bond acceptors (Lipinski definition) is 5.